The molecule has 0 heterocycles. The van der Waals surface area contributed by atoms with E-state index in [1.165, 1.54) is 17.1 Å². The van der Waals surface area contributed by atoms with E-state index >= 15 is 0 Å². The zero-order chi connectivity index (χ0) is 8.81. The third-order valence-corrected chi connectivity index (χ3v) is 2.75. The van der Waals surface area contributed by atoms with Crippen LogP contribution in [0.5, 0.6) is 0 Å². The summed E-state index contributed by atoms with van der Waals surface area (Å²) >= 11 is 1.95. The Kier molecular flexibility index (Phi) is 12.7. The maximum absolute atomic E-state index is 2.27. The first kappa shape index (κ1) is 17.2. The van der Waals surface area contributed by atoms with E-state index < -0.39 is 0 Å². The van der Waals surface area contributed by atoms with Crippen molar-refractivity contribution in [1.29, 1.82) is 0 Å². The molecule has 0 aliphatic rings. The van der Waals surface area contributed by atoms with E-state index in [0.717, 1.165) is 5.92 Å². The Morgan fingerprint density at radius 1 is 1.14 bits per heavy atom. The van der Waals surface area contributed by atoms with E-state index in [2.05, 4.69) is 44.2 Å². The first-order valence-electron chi connectivity index (χ1n) is 4.47. The second-order valence-electron chi connectivity index (χ2n) is 3.34. The fraction of sp³-hybridized carbons (Fsp3) is 0.455. The van der Waals surface area contributed by atoms with Crippen LogP contribution in [0.1, 0.15) is 20.3 Å². The molecule has 0 aliphatic carbocycles. The Balaban J connectivity index is 0. The van der Waals surface area contributed by atoms with Gasteiger partial charge >= 0.3 is 23.1 Å². The third-order valence-electron chi connectivity index (χ3n) is 1.71. The van der Waals surface area contributed by atoms with Crippen LogP contribution >= 0.6 is 11.8 Å². The van der Waals surface area contributed by atoms with E-state index in [1.54, 1.807) is 0 Å². The van der Waals surface area contributed by atoms with Gasteiger partial charge in [-0.2, -0.15) is 0 Å². The Morgan fingerprint density at radius 3 is 2.21 bits per heavy atom. The molecule has 0 saturated carbocycles. The Bertz CT molecular complexity index is 214. The molecule has 74 valence electrons. The number of hydrogen-bond donors (Lipinski definition) is 0. The molecule has 0 atom stereocenters. The predicted octanol–water partition coefficient (Wildman–Crippen LogP) is 0.448. The van der Waals surface area contributed by atoms with Gasteiger partial charge in [0.1, 0.15) is 0 Å². The zero-order valence-electron chi connectivity index (χ0n) is 8.87. The molecule has 0 saturated heterocycles. The minimum absolute atomic E-state index is 0. The molecule has 1 aromatic rings. The maximum atomic E-state index is 2.27. The van der Waals surface area contributed by atoms with Gasteiger partial charge < -0.3 is 17.0 Å². The van der Waals surface area contributed by atoms with Crippen LogP contribution in [-0.4, -0.2) is 28.8 Å². The van der Waals surface area contributed by atoms with Crippen LogP contribution in [0, 0.1) is 5.92 Å². The molecular weight excluding hydrogens is 268 g/mol. The molecule has 0 bridgehead atoms. The smallest absolute Gasteiger partial charge is 1.00 e. The molecule has 0 amide bonds. The van der Waals surface area contributed by atoms with Gasteiger partial charge in [0, 0.05) is 4.90 Å². The van der Waals surface area contributed by atoms with Crippen molar-refractivity contribution in [2.75, 3.05) is 5.75 Å². The van der Waals surface area contributed by atoms with Gasteiger partial charge in [-0.25, -0.2) is 0 Å². The van der Waals surface area contributed by atoms with E-state index in [4.69, 9.17) is 0 Å². The molecule has 1 rings (SSSR count). The second kappa shape index (κ2) is 10.3. The van der Waals surface area contributed by atoms with Crippen molar-refractivity contribution in [2.24, 2.45) is 5.92 Å². The van der Waals surface area contributed by atoms with Gasteiger partial charge in [0.15, 0.2) is 0 Å². The molecule has 0 fully saturated rings. The first-order chi connectivity index (χ1) is 5.79. The van der Waals surface area contributed by atoms with Gasteiger partial charge in [0.05, 0.1) is 0 Å². The number of halogens is 1. The standard InChI is InChI=1S/C11H16S.BrH.Mg/c1-10(2)8-9-12-11-6-4-3-5-7-11;;/h3-7,10H,8-9H2,1-2H3;1H;/q;;+2/p-1. The van der Waals surface area contributed by atoms with Crippen LogP contribution in [0.15, 0.2) is 35.2 Å². The van der Waals surface area contributed by atoms with Crippen molar-refractivity contribution in [3.05, 3.63) is 30.3 Å². The summed E-state index contributed by atoms with van der Waals surface area (Å²) in [6, 6.07) is 10.6. The van der Waals surface area contributed by atoms with Crippen LogP contribution in [0.4, 0.5) is 0 Å². The van der Waals surface area contributed by atoms with Crippen LogP contribution in [-0.2, 0) is 0 Å². The van der Waals surface area contributed by atoms with Gasteiger partial charge in [0.2, 0.25) is 0 Å². The number of thioether (sulfide) groups is 1. The van der Waals surface area contributed by atoms with Crippen LogP contribution < -0.4 is 17.0 Å². The molecule has 0 nitrogen and oxygen atoms in total. The summed E-state index contributed by atoms with van der Waals surface area (Å²) in [7, 11) is 0. The maximum Gasteiger partial charge on any atom is 2.00 e. The quantitative estimate of drug-likeness (QED) is 0.571. The third kappa shape index (κ3) is 8.15. The van der Waals surface area contributed by atoms with Crippen molar-refractivity contribution in [3.63, 3.8) is 0 Å². The second-order valence-corrected chi connectivity index (χ2v) is 4.51. The van der Waals surface area contributed by atoms with E-state index in [9.17, 15) is 0 Å². The fourth-order valence-electron chi connectivity index (χ4n) is 0.929. The van der Waals surface area contributed by atoms with E-state index in [1.807, 2.05) is 11.8 Å². The van der Waals surface area contributed by atoms with Gasteiger partial charge in [-0.15, -0.1) is 11.8 Å². The van der Waals surface area contributed by atoms with Crippen molar-refractivity contribution < 1.29 is 17.0 Å². The monoisotopic (exact) mass is 283 g/mol. The van der Waals surface area contributed by atoms with Gasteiger partial charge in [0.25, 0.3) is 0 Å². The molecule has 0 aliphatic heterocycles. The molecule has 0 spiro atoms. The normalized spacial score (nSPS) is 9.07. The molecule has 0 aromatic heterocycles. The number of rotatable bonds is 4. The zero-order valence-corrected chi connectivity index (χ0v) is 12.7. The first-order valence-corrected chi connectivity index (χ1v) is 5.45. The van der Waals surface area contributed by atoms with Crippen LogP contribution in [0.2, 0.25) is 0 Å². The number of benzene rings is 1. The topological polar surface area (TPSA) is 0 Å². The SMILES string of the molecule is CC(C)CCSc1ccccc1.[Br-].[Mg+2]. The summed E-state index contributed by atoms with van der Waals surface area (Å²) in [6.45, 7) is 4.54. The average Bonchev–Trinajstić information content (AvgIpc) is 2.05. The molecule has 0 radical (unpaired) electrons. The summed E-state index contributed by atoms with van der Waals surface area (Å²) in [4.78, 5) is 1.39. The molecular formula is C11H16BrMgS+. The van der Waals surface area contributed by atoms with Gasteiger partial charge in [-0.05, 0) is 30.2 Å². The summed E-state index contributed by atoms with van der Waals surface area (Å²) in [6.07, 6.45) is 1.31. The summed E-state index contributed by atoms with van der Waals surface area (Å²) in [5.74, 6) is 2.06. The fourth-order valence-corrected chi connectivity index (χ4v) is 2.10. The minimum Gasteiger partial charge on any atom is -1.00 e. The molecule has 3 heteroatoms. The van der Waals surface area contributed by atoms with Crippen molar-refractivity contribution in [3.8, 4) is 0 Å². The largest absolute Gasteiger partial charge is 2.00 e. The Morgan fingerprint density at radius 2 is 1.71 bits per heavy atom. The van der Waals surface area contributed by atoms with Gasteiger partial charge in [-0.3, -0.25) is 0 Å². The number of hydrogen-bond acceptors (Lipinski definition) is 1. The van der Waals surface area contributed by atoms with Crippen molar-refractivity contribution >= 4 is 34.8 Å². The Labute approximate surface area is 118 Å². The molecule has 1 aromatic carbocycles. The molecule has 0 N–H and O–H groups in total. The Hall–Kier alpha value is 0.816. The van der Waals surface area contributed by atoms with Crippen LogP contribution in [0.25, 0.3) is 0 Å². The summed E-state index contributed by atoms with van der Waals surface area (Å²) in [5.41, 5.74) is 0. The molecule has 0 unspecified atom stereocenters. The van der Waals surface area contributed by atoms with Crippen LogP contribution in [0.3, 0.4) is 0 Å². The summed E-state index contributed by atoms with van der Waals surface area (Å²) in [5, 5.41) is 0. The van der Waals surface area contributed by atoms with E-state index in [-0.39, 0.29) is 40.0 Å². The molecule has 14 heavy (non-hydrogen) atoms. The van der Waals surface area contributed by atoms with Crippen molar-refractivity contribution in [1.82, 2.24) is 0 Å². The predicted molar refractivity (Wildman–Crippen MR) is 62.4 cm³/mol. The minimum atomic E-state index is 0. The average molecular weight is 285 g/mol. The van der Waals surface area contributed by atoms with Gasteiger partial charge in [-0.1, -0.05) is 32.0 Å². The van der Waals surface area contributed by atoms with Crippen molar-refractivity contribution in [2.45, 2.75) is 25.2 Å². The van der Waals surface area contributed by atoms with E-state index in [0.29, 0.717) is 0 Å². The summed E-state index contributed by atoms with van der Waals surface area (Å²) < 4.78 is 0.